The molecule has 0 aliphatic carbocycles. The number of para-hydroxylation sites is 1. The van der Waals surface area contributed by atoms with Crippen LogP contribution in [0, 0.1) is 0 Å². The van der Waals surface area contributed by atoms with Crippen molar-refractivity contribution >= 4 is 10.9 Å². The van der Waals surface area contributed by atoms with Crippen molar-refractivity contribution in [2.45, 2.75) is 32.2 Å². The first kappa shape index (κ1) is 10.8. The van der Waals surface area contributed by atoms with Gasteiger partial charge in [0.25, 0.3) is 0 Å². The maximum Gasteiger partial charge on any atom is 0.158 e. The van der Waals surface area contributed by atoms with Gasteiger partial charge in [0.05, 0.1) is 6.61 Å². The number of hydrogen-bond acceptors (Lipinski definition) is 2. The molecule has 3 heteroatoms. The molecule has 2 heterocycles. The van der Waals surface area contributed by atoms with Crippen molar-refractivity contribution in [2.75, 3.05) is 6.61 Å². The number of ether oxygens (including phenoxy) is 2. The summed E-state index contributed by atoms with van der Waals surface area (Å²) < 4.78 is 11.3. The molecular weight excluding hydrogens is 214 g/mol. The lowest BCUT2D eigenvalue weighted by Crippen LogP contribution is -2.22. The standard InChI is InChI=1S/C14H17NO2/c1-2-6-13-11(5-1)9-12(15-13)10-17-14-7-3-4-8-16-14/h1-2,5-6,9,14-15H,3-4,7-8,10H2. The van der Waals surface area contributed by atoms with Crippen molar-refractivity contribution in [2.24, 2.45) is 0 Å². The van der Waals surface area contributed by atoms with Crippen LogP contribution in [-0.2, 0) is 16.1 Å². The second kappa shape index (κ2) is 4.90. The van der Waals surface area contributed by atoms with Gasteiger partial charge in [0, 0.05) is 17.8 Å². The van der Waals surface area contributed by atoms with Gasteiger partial charge in [-0.3, -0.25) is 0 Å². The molecule has 3 nitrogen and oxygen atoms in total. The van der Waals surface area contributed by atoms with Crippen molar-refractivity contribution in [3.8, 4) is 0 Å². The molecule has 1 aliphatic heterocycles. The summed E-state index contributed by atoms with van der Waals surface area (Å²) in [5.74, 6) is 0. The van der Waals surface area contributed by atoms with Crippen molar-refractivity contribution in [3.05, 3.63) is 36.0 Å². The summed E-state index contributed by atoms with van der Waals surface area (Å²) in [4.78, 5) is 3.35. The van der Waals surface area contributed by atoms with Crippen LogP contribution in [0.25, 0.3) is 10.9 Å². The van der Waals surface area contributed by atoms with Crippen molar-refractivity contribution < 1.29 is 9.47 Å². The van der Waals surface area contributed by atoms with Crippen LogP contribution in [0.3, 0.4) is 0 Å². The van der Waals surface area contributed by atoms with E-state index < -0.39 is 0 Å². The monoisotopic (exact) mass is 231 g/mol. The Balaban J connectivity index is 1.64. The lowest BCUT2D eigenvalue weighted by Gasteiger charge is -2.22. The molecule has 0 saturated carbocycles. The van der Waals surface area contributed by atoms with Crippen molar-refractivity contribution in [1.29, 1.82) is 0 Å². The molecule has 0 amide bonds. The van der Waals surface area contributed by atoms with Gasteiger partial charge < -0.3 is 14.5 Å². The summed E-state index contributed by atoms with van der Waals surface area (Å²) in [6.07, 6.45) is 3.36. The van der Waals surface area contributed by atoms with Gasteiger partial charge >= 0.3 is 0 Å². The molecule has 1 fully saturated rings. The van der Waals surface area contributed by atoms with Gasteiger partial charge in [-0.15, -0.1) is 0 Å². The van der Waals surface area contributed by atoms with Crippen LogP contribution < -0.4 is 0 Å². The highest BCUT2D eigenvalue weighted by molar-refractivity contribution is 5.80. The Bertz CT molecular complexity index is 453. The topological polar surface area (TPSA) is 34.2 Å². The van der Waals surface area contributed by atoms with E-state index in [2.05, 4.69) is 23.2 Å². The van der Waals surface area contributed by atoms with Gasteiger partial charge in [0.2, 0.25) is 0 Å². The number of nitrogens with one attached hydrogen (secondary N) is 1. The van der Waals surface area contributed by atoms with Crippen LogP contribution in [0.15, 0.2) is 30.3 Å². The quantitative estimate of drug-likeness (QED) is 0.880. The van der Waals surface area contributed by atoms with E-state index in [4.69, 9.17) is 9.47 Å². The van der Waals surface area contributed by atoms with Gasteiger partial charge in [-0.25, -0.2) is 0 Å². The highest BCUT2D eigenvalue weighted by Crippen LogP contribution is 2.18. The van der Waals surface area contributed by atoms with Gasteiger partial charge in [-0.1, -0.05) is 18.2 Å². The zero-order valence-corrected chi connectivity index (χ0v) is 9.82. The third-order valence-electron chi connectivity index (χ3n) is 3.15. The van der Waals surface area contributed by atoms with E-state index in [0.29, 0.717) is 6.61 Å². The third-order valence-corrected chi connectivity index (χ3v) is 3.15. The largest absolute Gasteiger partial charge is 0.356 e. The fraction of sp³-hybridized carbons (Fsp3) is 0.429. The van der Waals surface area contributed by atoms with Crippen molar-refractivity contribution in [1.82, 2.24) is 4.98 Å². The van der Waals surface area contributed by atoms with Gasteiger partial charge in [0.15, 0.2) is 6.29 Å². The maximum atomic E-state index is 5.75. The fourth-order valence-corrected chi connectivity index (χ4v) is 2.24. The lowest BCUT2D eigenvalue weighted by molar-refractivity contribution is -0.169. The molecule has 2 aromatic rings. The van der Waals surface area contributed by atoms with Crippen LogP contribution in [0.1, 0.15) is 25.0 Å². The molecule has 1 aromatic heterocycles. The van der Waals surface area contributed by atoms with E-state index in [9.17, 15) is 0 Å². The molecular formula is C14H17NO2. The average molecular weight is 231 g/mol. The number of H-pyrrole nitrogens is 1. The molecule has 1 N–H and O–H groups in total. The Hall–Kier alpha value is -1.32. The first-order chi connectivity index (χ1) is 8.42. The summed E-state index contributed by atoms with van der Waals surface area (Å²) >= 11 is 0. The summed E-state index contributed by atoms with van der Waals surface area (Å²) in [5, 5.41) is 1.23. The number of aromatic amines is 1. The Labute approximate surface area is 101 Å². The number of hydrogen-bond donors (Lipinski definition) is 1. The first-order valence-corrected chi connectivity index (χ1v) is 6.22. The van der Waals surface area contributed by atoms with Gasteiger partial charge in [0.1, 0.15) is 0 Å². The fourth-order valence-electron chi connectivity index (χ4n) is 2.24. The normalized spacial score (nSPS) is 20.8. The van der Waals surface area contributed by atoms with Crippen LogP contribution in [0.4, 0.5) is 0 Å². The second-order valence-corrected chi connectivity index (χ2v) is 4.49. The van der Waals surface area contributed by atoms with E-state index in [-0.39, 0.29) is 6.29 Å². The molecule has 1 unspecified atom stereocenters. The molecule has 0 bridgehead atoms. The Morgan fingerprint density at radius 3 is 3.06 bits per heavy atom. The Morgan fingerprint density at radius 2 is 2.24 bits per heavy atom. The predicted octanol–water partition coefficient (Wildman–Crippen LogP) is 3.21. The van der Waals surface area contributed by atoms with Crippen LogP contribution in [0.2, 0.25) is 0 Å². The maximum absolute atomic E-state index is 5.75. The minimum absolute atomic E-state index is 0.0184. The molecule has 1 atom stereocenters. The summed E-state index contributed by atoms with van der Waals surface area (Å²) in [7, 11) is 0. The van der Waals surface area contributed by atoms with Crippen molar-refractivity contribution in [3.63, 3.8) is 0 Å². The number of fused-ring (bicyclic) bond motifs is 1. The van der Waals surface area contributed by atoms with E-state index >= 15 is 0 Å². The first-order valence-electron chi connectivity index (χ1n) is 6.22. The molecule has 17 heavy (non-hydrogen) atoms. The zero-order valence-electron chi connectivity index (χ0n) is 9.82. The number of rotatable bonds is 3. The zero-order chi connectivity index (χ0) is 11.5. The van der Waals surface area contributed by atoms with Gasteiger partial charge in [-0.05, 0) is 36.8 Å². The van der Waals surface area contributed by atoms with E-state index in [1.165, 1.54) is 11.8 Å². The van der Waals surface area contributed by atoms with Gasteiger partial charge in [-0.2, -0.15) is 0 Å². The lowest BCUT2D eigenvalue weighted by atomic mass is 10.2. The van der Waals surface area contributed by atoms with E-state index in [0.717, 1.165) is 30.7 Å². The average Bonchev–Trinajstić information content (AvgIpc) is 2.80. The van der Waals surface area contributed by atoms with Crippen LogP contribution in [0.5, 0.6) is 0 Å². The Morgan fingerprint density at radius 1 is 1.29 bits per heavy atom. The van der Waals surface area contributed by atoms with Crippen LogP contribution >= 0.6 is 0 Å². The minimum Gasteiger partial charge on any atom is -0.356 e. The highest BCUT2D eigenvalue weighted by atomic mass is 16.7. The minimum atomic E-state index is -0.0184. The third kappa shape index (κ3) is 2.51. The molecule has 1 aliphatic rings. The van der Waals surface area contributed by atoms with E-state index in [1.807, 2.05) is 12.1 Å². The second-order valence-electron chi connectivity index (χ2n) is 4.49. The Kier molecular flexibility index (Phi) is 3.12. The molecule has 1 aromatic carbocycles. The molecule has 0 spiro atoms. The van der Waals surface area contributed by atoms with Crippen LogP contribution in [-0.4, -0.2) is 17.9 Å². The molecule has 0 radical (unpaired) electrons. The molecule has 90 valence electrons. The summed E-state index contributed by atoms with van der Waals surface area (Å²) in [6.45, 7) is 1.43. The smallest absolute Gasteiger partial charge is 0.158 e. The number of aromatic nitrogens is 1. The number of benzene rings is 1. The summed E-state index contributed by atoms with van der Waals surface area (Å²) in [5.41, 5.74) is 2.27. The highest BCUT2D eigenvalue weighted by Gasteiger charge is 2.14. The molecule has 3 rings (SSSR count). The predicted molar refractivity (Wildman–Crippen MR) is 66.7 cm³/mol. The summed E-state index contributed by atoms with van der Waals surface area (Å²) in [6, 6.07) is 10.4. The van der Waals surface area contributed by atoms with E-state index in [1.54, 1.807) is 0 Å². The SMILES string of the molecule is c1ccc2[nH]c(COC3CCCCO3)cc2c1. The molecule has 1 saturated heterocycles.